The summed E-state index contributed by atoms with van der Waals surface area (Å²) in [5.41, 5.74) is 20.4. The molecule has 0 radical (unpaired) electrons. The number of rotatable bonds is 3. The molecule has 0 amide bonds. The Balaban J connectivity index is 1.50. The van der Waals surface area contributed by atoms with Crippen LogP contribution in [0.15, 0.2) is 77.9 Å². The Hall–Kier alpha value is -3.38. The summed E-state index contributed by atoms with van der Waals surface area (Å²) in [5.74, 6) is 2.31. The summed E-state index contributed by atoms with van der Waals surface area (Å²) in [4.78, 5) is 0. The van der Waals surface area contributed by atoms with Crippen LogP contribution in [0.5, 0.6) is 0 Å². The van der Waals surface area contributed by atoms with E-state index in [1.807, 2.05) is 0 Å². The van der Waals surface area contributed by atoms with Crippen molar-refractivity contribution in [1.82, 2.24) is 0 Å². The number of allylic oxidation sites excluding steroid dienone is 4. The van der Waals surface area contributed by atoms with Gasteiger partial charge in [0.15, 0.2) is 0 Å². The van der Waals surface area contributed by atoms with E-state index in [0.29, 0.717) is 23.7 Å². The van der Waals surface area contributed by atoms with E-state index in [4.69, 9.17) is 0 Å². The highest BCUT2D eigenvalue weighted by Crippen LogP contribution is 2.66. The van der Waals surface area contributed by atoms with Crippen molar-refractivity contribution in [3.05, 3.63) is 117 Å². The molecule has 0 saturated heterocycles. The maximum absolute atomic E-state index is 2.60. The molecule has 44 heavy (non-hydrogen) atoms. The fraction of sp³-hybridized carbons (Fsp3) is 0.409. The molecule has 8 rings (SSSR count). The first-order chi connectivity index (χ1) is 21.0. The summed E-state index contributed by atoms with van der Waals surface area (Å²) in [7, 11) is 0. The molecule has 4 aromatic rings. The molecule has 4 aliphatic rings. The molecule has 4 aliphatic carbocycles. The molecule has 0 heteroatoms. The summed E-state index contributed by atoms with van der Waals surface area (Å²) in [6.07, 6.45) is 3.40. The highest BCUT2D eigenvalue weighted by atomic mass is 14.6. The molecule has 0 fully saturated rings. The lowest BCUT2D eigenvalue weighted by molar-refractivity contribution is 0.277. The van der Waals surface area contributed by atoms with E-state index >= 15 is 0 Å². The van der Waals surface area contributed by atoms with Gasteiger partial charge in [-0.2, -0.15) is 0 Å². The van der Waals surface area contributed by atoms with Gasteiger partial charge in [0.05, 0.1) is 0 Å². The zero-order valence-corrected chi connectivity index (χ0v) is 28.3. The predicted octanol–water partition coefficient (Wildman–Crippen LogP) is 11.8. The molecule has 0 N–H and O–H groups in total. The number of hydrogen-bond donors (Lipinski definition) is 0. The van der Waals surface area contributed by atoms with E-state index in [1.54, 1.807) is 44.5 Å². The average Bonchev–Trinajstić information content (AvgIpc) is 3.58. The van der Waals surface area contributed by atoms with Gasteiger partial charge in [-0.25, -0.2) is 0 Å². The van der Waals surface area contributed by atoms with Crippen molar-refractivity contribution in [3.63, 3.8) is 0 Å². The van der Waals surface area contributed by atoms with Crippen molar-refractivity contribution in [3.8, 4) is 11.1 Å². The highest BCUT2D eigenvalue weighted by Gasteiger charge is 2.53. The van der Waals surface area contributed by atoms with E-state index in [1.165, 1.54) is 45.0 Å². The quantitative estimate of drug-likeness (QED) is 0.213. The van der Waals surface area contributed by atoms with Crippen LogP contribution in [-0.2, 0) is 17.3 Å². The van der Waals surface area contributed by atoms with Crippen molar-refractivity contribution >= 4 is 21.9 Å². The van der Waals surface area contributed by atoms with E-state index in [0.717, 1.165) is 12.8 Å². The van der Waals surface area contributed by atoms with Crippen LogP contribution >= 0.6 is 0 Å². The van der Waals surface area contributed by atoms with Crippen molar-refractivity contribution < 1.29 is 0 Å². The fourth-order valence-corrected chi connectivity index (χ4v) is 10.5. The molecule has 1 spiro atoms. The minimum absolute atomic E-state index is 0.00501. The molecule has 0 nitrogen and oxygen atoms in total. The van der Waals surface area contributed by atoms with Crippen LogP contribution in [-0.4, -0.2) is 0 Å². The predicted molar refractivity (Wildman–Crippen MR) is 189 cm³/mol. The number of benzene rings is 4. The Morgan fingerprint density at radius 1 is 0.727 bits per heavy atom. The number of aryl methyl sites for hydroxylation is 1. The van der Waals surface area contributed by atoms with Gasteiger partial charge in [-0.1, -0.05) is 133 Å². The SMILES string of the molecule is Cc1cc2c(c3ccccc13)C1(CC(C(C)C)=C(C(C)C)C(C(C)C)C1)c1ccc3c(c1-2)C1=C(c2ccccc2C1)C3(C)C. The van der Waals surface area contributed by atoms with E-state index in [2.05, 4.69) is 129 Å². The van der Waals surface area contributed by atoms with Gasteiger partial charge in [-0.15, -0.1) is 0 Å². The van der Waals surface area contributed by atoms with Gasteiger partial charge in [0.25, 0.3) is 0 Å². The molecule has 4 aromatic carbocycles. The summed E-state index contributed by atoms with van der Waals surface area (Å²) in [6, 6.07) is 26.3. The zero-order chi connectivity index (χ0) is 30.9. The van der Waals surface area contributed by atoms with Gasteiger partial charge >= 0.3 is 0 Å². The molecule has 0 saturated carbocycles. The highest BCUT2D eigenvalue weighted by molar-refractivity contribution is 6.12. The Kier molecular flexibility index (Phi) is 5.96. The maximum Gasteiger partial charge on any atom is 0.0264 e. The van der Waals surface area contributed by atoms with Crippen molar-refractivity contribution in [2.24, 2.45) is 23.7 Å². The lowest BCUT2D eigenvalue weighted by atomic mass is 9.57. The largest absolute Gasteiger partial charge is 0.0667 e. The fourth-order valence-electron chi connectivity index (χ4n) is 10.5. The minimum atomic E-state index is -0.0150. The standard InChI is InChI=1S/C44H48/c1-24(2)34-22-44(23-35(25(3)4)38(34)26(5)6)37-19-18-36-39(33-21-28-14-10-11-16-30(28)41(33)43(36,8)9)40(37)32-20-27(7)29-15-12-13-17-31(29)42(32)44/h10-20,24-26,34H,21-23H2,1-9H3. The average molecular weight is 577 g/mol. The molecule has 0 heterocycles. The van der Waals surface area contributed by atoms with Crippen LogP contribution in [0.3, 0.4) is 0 Å². The summed E-state index contributed by atoms with van der Waals surface area (Å²) in [5, 5.41) is 2.90. The topological polar surface area (TPSA) is 0 Å². The molecular formula is C44H48. The van der Waals surface area contributed by atoms with Crippen LogP contribution in [0.4, 0.5) is 0 Å². The Labute approximate surface area is 265 Å². The van der Waals surface area contributed by atoms with Crippen LogP contribution in [0, 0.1) is 30.6 Å². The van der Waals surface area contributed by atoms with E-state index < -0.39 is 0 Å². The zero-order valence-electron chi connectivity index (χ0n) is 28.3. The Morgan fingerprint density at radius 2 is 1.41 bits per heavy atom. The van der Waals surface area contributed by atoms with Gasteiger partial charge in [0.2, 0.25) is 0 Å². The second-order valence-electron chi connectivity index (χ2n) is 16.0. The Morgan fingerprint density at radius 3 is 2.11 bits per heavy atom. The van der Waals surface area contributed by atoms with Crippen molar-refractivity contribution in [2.45, 2.75) is 92.4 Å². The van der Waals surface area contributed by atoms with E-state index in [9.17, 15) is 0 Å². The molecule has 224 valence electrons. The first kappa shape index (κ1) is 28.1. The van der Waals surface area contributed by atoms with Crippen molar-refractivity contribution in [1.29, 1.82) is 0 Å². The third kappa shape index (κ3) is 3.46. The molecule has 2 atom stereocenters. The van der Waals surface area contributed by atoms with Gasteiger partial charge in [-0.05, 0) is 122 Å². The van der Waals surface area contributed by atoms with Gasteiger partial charge in [-0.3, -0.25) is 0 Å². The van der Waals surface area contributed by atoms with Crippen LogP contribution in [0.1, 0.15) is 107 Å². The first-order valence-electron chi connectivity index (χ1n) is 17.2. The second kappa shape index (κ2) is 9.32. The summed E-state index contributed by atoms with van der Waals surface area (Å²) >= 11 is 0. The van der Waals surface area contributed by atoms with Crippen LogP contribution in [0.2, 0.25) is 0 Å². The van der Waals surface area contributed by atoms with Gasteiger partial charge < -0.3 is 0 Å². The minimum Gasteiger partial charge on any atom is -0.0667 e. The molecular weight excluding hydrogens is 528 g/mol. The third-order valence-corrected chi connectivity index (χ3v) is 12.2. The number of fused-ring (bicyclic) bond motifs is 12. The Bertz CT molecular complexity index is 1950. The maximum atomic E-state index is 2.60. The number of hydrogen-bond acceptors (Lipinski definition) is 0. The molecule has 0 aliphatic heterocycles. The summed E-state index contributed by atoms with van der Waals surface area (Å²) < 4.78 is 0. The van der Waals surface area contributed by atoms with Crippen molar-refractivity contribution in [2.75, 3.05) is 0 Å². The van der Waals surface area contributed by atoms with Gasteiger partial charge in [0.1, 0.15) is 0 Å². The molecule has 0 aromatic heterocycles. The van der Waals surface area contributed by atoms with Gasteiger partial charge in [0, 0.05) is 10.8 Å². The van der Waals surface area contributed by atoms with Crippen LogP contribution in [0.25, 0.3) is 33.0 Å². The molecule has 0 bridgehead atoms. The summed E-state index contributed by atoms with van der Waals surface area (Å²) in [6.45, 7) is 22.0. The van der Waals surface area contributed by atoms with Crippen LogP contribution < -0.4 is 0 Å². The lowest BCUT2D eigenvalue weighted by Gasteiger charge is -2.47. The molecule has 2 unspecified atom stereocenters. The lowest BCUT2D eigenvalue weighted by Crippen LogP contribution is -2.38. The third-order valence-electron chi connectivity index (χ3n) is 12.2. The normalized spacial score (nSPS) is 22.9. The van der Waals surface area contributed by atoms with E-state index in [-0.39, 0.29) is 10.8 Å². The second-order valence-corrected chi connectivity index (χ2v) is 16.0. The monoisotopic (exact) mass is 576 g/mol. The smallest absolute Gasteiger partial charge is 0.0264 e. The first-order valence-corrected chi connectivity index (χ1v) is 17.2.